The summed E-state index contributed by atoms with van der Waals surface area (Å²) >= 11 is 6.11. The molecule has 0 unspecified atom stereocenters. The molecule has 0 spiro atoms. The molecule has 1 aromatic heterocycles. The summed E-state index contributed by atoms with van der Waals surface area (Å²) in [4.78, 5) is 33.8. The van der Waals surface area contributed by atoms with Crippen molar-refractivity contribution in [2.45, 2.75) is 0 Å². The molecule has 0 fully saturated rings. The number of pyridine rings is 1. The van der Waals surface area contributed by atoms with E-state index >= 15 is 0 Å². The summed E-state index contributed by atoms with van der Waals surface area (Å²) in [6.45, 7) is 1.53. The first kappa shape index (κ1) is 26.4. The van der Waals surface area contributed by atoms with E-state index in [1.165, 1.54) is 12.3 Å². The Morgan fingerprint density at radius 1 is 0.972 bits per heavy atom. The fraction of sp³-hybridized carbons (Fsp3) is 0.185. The Balaban J connectivity index is 1.72. The molecule has 0 bridgehead atoms. The molecule has 9 heteroatoms. The lowest BCUT2D eigenvalue weighted by Crippen LogP contribution is -2.33. The maximum absolute atomic E-state index is 12.9. The van der Waals surface area contributed by atoms with E-state index in [2.05, 4.69) is 21.5 Å². The Hall–Kier alpha value is -4.19. The van der Waals surface area contributed by atoms with Crippen LogP contribution in [-0.2, 0) is 0 Å². The Labute approximate surface area is 215 Å². The number of amidine groups is 1. The number of amides is 2. The number of benzene rings is 2. The number of likely N-dealkylation sites (N-methyl/N-ethyl adjacent to an activating group) is 2. The Kier molecular flexibility index (Phi) is 8.79. The van der Waals surface area contributed by atoms with Gasteiger partial charge in [-0.1, -0.05) is 29.7 Å². The third-order valence-corrected chi connectivity index (χ3v) is 5.57. The lowest BCUT2D eigenvalue weighted by atomic mass is 10.1. The molecule has 3 aromatic rings. The molecule has 0 radical (unpaired) electrons. The van der Waals surface area contributed by atoms with Crippen molar-refractivity contribution in [2.75, 3.05) is 44.9 Å². The van der Waals surface area contributed by atoms with Gasteiger partial charge in [-0.2, -0.15) is 0 Å². The lowest BCUT2D eigenvalue weighted by molar-refractivity contribution is 0.102. The van der Waals surface area contributed by atoms with E-state index in [4.69, 9.17) is 23.4 Å². The van der Waals surface area contributed by atoms with Gasteiger partial charge in [-0.3, -0.25) is 15.0 Å². The number of terminal acetylenes is 1. The van der Waals surface area contributed by atoms with Crippen LogP contribution in [0.1, 0.15) is 31.8 Å². The first-order valence-corrected chi connectivity index (χ1v) is 11.5. The highest BCUT2D eigenvalue weighted by Gasteiger charge is 2.17. The van der Waals surface area contributed by atoms with Crippen molar-refractivity contribution in [1.29, 1.82) is 5.41 Å². The first-order chi connectivity index (χ1) is 17.2. The number of hydrogen-bond acceptors (Lipinski definition) is 5. The van der Waals surface area contributed by atoms with E-state index < -0.39 is 11.8 Å². The smallest absolute Gasteiger partial charge is 0.258 e. The molecule has 0 aliphatic heterocycles. The minimum absolute atomic E-state index is 0.180. The standard InChI is InChI=1S/C27H27ClN6O2/c1-5-18-6-13-24(30-17-18)32-27(36)22-16-21(28)11-12-23(22)31-26(35)20-9-7-19(8-10-20)25(29)34(4)15-14-33(2)3/h1,6-13,16-17,29H,14-15H2,2-4H3,(H,31,35)(H,30,32,36). The average Bonchev–Trinajstić information content (AvgIpc) is 2.88. The summed E-state index contributed by atoms with van der Waals surface area (Å²) in [7, 11) is 5.82. The first-order valence-electron chi connectivity index (χ1n) is 11.1. The second kappa shape index (κ2) is 12.0. The summed E-state index contributed by atoms with van der Waals surface area (Å²) < 4.78 is 0. The van der Waals surface area contributed by atoms with Crippen LogP contribution in [0.25, 0.3) is 0 Å². The molecule has 0 aliphatic rings. The number of nitrogens with one attached hydrogen (secondary N) is 3. The van der Waals surface area contributed by atoms with Crippen LogP contribution in [0.3, 0.4) is 0 Å². The topological polar surface area (TPSA) is 101 Å². The number of carbonyl (C=O) groups excluding carboxylic acids is 2. The number of carbonyl (C=O) groups is 2. The highest BCUT2D eigenvalue weighted by Crippen LogP contribution is 2.23. The molecule has 0 saturated carbocycles. The predicted octanol–water partition coefficient (Wildman–Crippen LogP) is 4.04. The number of rotatable bonds is 8. The van der Waals surface area contributed by atoms with Gasteiger partial charge in [0.05, 0.1) is 11.3 Å². The van der Waals surface area contributed by atoms with Gasteiger partial charge in [-0.15, -0.1) is 6.42 Å². The van der Waals surface area contributed by atoms with Crippen molar-refractivity contribution in [3.63, 3.8) is 0 Å². The van der Waals surface area contributed by atoms with E-state index in [9.17, 15) is 9.59 Å². The minimum Gasteiger partial charge on any atom is -0.358 e. The summed E-state index contributed by atoms with van der Waals surface area (Å²) in [6, 6.07) is 14.6. The Morgan fingerprint density at radius 3 is 2.28 bits per heavy atom. The monoisotopic (exact) mass is 502 g/mol. The zero-order chi connectivity index (χ0) is 26.2. The highest BCUT2D eigenvalue weighted by atomic mass is 35.5. The minimum atomic E-state index is -0.488. The van der Waals surface area contributed by atoms with Crippen LogP contribution in [0.5, 0.6) is 0 Å². The lowest BCUT2D eigenvalue weighted by Gasteiger charge is -2.22. The van der Waals surface area contributed by atoms with Gasteiger partial charge in [0.1, 0.15) is 11.7 Å². The zero-order valence-electron chi connectivity index (χ0n) is 20.3. The number of nitrogens with zero attached hydrogens (tertiary/aromatic N) is 3. The largest absolute Gasteiger partial charge is 0.358 e. The average molecular weight is 503 g/mol. The van der Waals surface area contributed by atoms with Crippen LogP contribution in [-0.4, -0.2) is 66.7 Å². The summed E-state index contributed by atoms with van der Waals surface area (Å²) in [5.41, 5.74) is 2.14. The third-order valence-electron chi connectivity index (χ3n) is 5.33. The summed E-state index contributed by atoms with van der Waals surface area (Å²) in [5, 5.41) is 14.2. The molecule has 36 heavy (non-hydrogen) atoms. The molecule has 0 saturated heterocycles. The molecule has 0 atom stereocenters. The van der Waals surface area contributed by atoms with Gasteiger partial charge in [-0.05, 0) is 56.6 Å². The Bertz CT molecular complexity index is 1300. The number of aromatic nitrogens is 1. The molecule has 3 N–H and O–H groups in total. The van der Waals surface area contributed by atoms with Gasteiger partial charge in [0.15, 0.2) is 0 Å². The molecule has 3 rings (SSSR count). The van der Waals surface area contributed by atoms with Crippen LogP contribution in [0.2, 0.25) is 5.02 Å². The molecule has 0 aliphatic carbocycles. The number of halogens is 1. The SMILES string of the molecule is C#Cc1ccc(NC(=O)c2cc(Cl)ccc2NC(=O)c2ccc(C(=N)N(C)CCN(C)C)cc2)nc1. The van der Waals surface area contributed by atoms with Gasteiger partial charge in [-0.25, -0.2) is 4.98 Å². The number of hydrogen-bond donors (Lipinski definition) is 3. The van der Waals surface area contributed by atoms with Crippen LogP contribution in [0, 0.1) is 17.8 Å². The zero-order valence-corrected chi connectivity index (χ0v) is 21.1. The van der Waals surface area contributed by atoms with Gasteiger partial charge in [0.25, 0.3) is 11.8 Å². The normalized spacial score (nSPS) is 10.4. The quantitative estimate of drug-likeness (QED) is 0.245. The van der Waals surface area contributed by atoms with Crippen molar-refractivity contribution >= 4 is 40.8 Å². The van der Waals surface area contributed by atoms with Crippen LogP contribution in [0.15, 0.2) is 60.8 Å². The Morgan fingerprint density at radius 2 is 1.67 bits per heavy atom. The summed E-state index contributed by atoms with van der Waals surface area (Å²) in [5.74, 6) is 2.25. The maximum Gasteiger partial charge on any atom is 0.258 e. The maximum atomic E-state index is 12.9. The fourth-order valence-corrected chi connectivity index (χ4v) is 3.38. The molecule has 8 nitrogen and oxygen atoms in total. The molecular formula is C27H27ClN6O2. The van der Waals surface area contributed by atoms with Crippen molar-refractivity contribution < 1.29 is 9.59 Å². The number of anilines is 2. The van der Waals surface area contributed by atoms with E-state index in [-0.39, 0.29) is 5.56 Å². The molecule has 184 valence electrons. The third kappa shape index (κ3) is 6.92. The van der Waals surface area contributed by atoms with E-state index in [1.807, 2.05) is 30.9 Å². The van der Waals surface area contributed by atoms with Gasteiger partial charge >= 0.3 is 0 Å². The van der Waals surface area contributed by atoms with Crippen LogP contribution in [0.4, 0.5) is 11.5 Å². The van der Waals surface area contributed by atoms with Crippen molar-refractivity contribution in [1.82, 2.24) is 14.8 Å². The second-order valence-electron chi connectivity index (χ2n) is 8.33. The van der Waals surface area contributed by atoms with Gasteiger partial charge < -0.3 is 20.4 Å². The molecule has 2 amide bonds. The fourth-order valence-electron chi connectivity index (χ4n) is 3.21. The molecular weight excluding hydrogens is 476 g/mol. The van der Waals surface area contributed by atoms with Gasteiger partial charge in [0, 0.05) is 48.0 Å². The van der Waals surface area contributed by atoms with Crippen molar-refractivity contribution in [3.05, 3.63) is 88.1 Å². The predicted molar refractivity (Wildman–Crippen MR) is 144 cm³/mol. The van der Waals surface area contributed by atoms with E-state index in [0.29, 0.717) is 45.6 Å². The van der Waals surface area contributed by atoms with Crippen molar-refractivity contribution in [3.8, 4) is 12.3 Å². The van der Waals surface area contributed by atoms with Crippen LogP contribution < -0.4 is 10.6 Å². The molecule has 2 aromatic carbocycles. The van der Waals surface area contributed by atoms with Crippen LogP contribution >= 0.6 is 11.6 Å². The van der Waals surface area contributed by atoms with E-state index in [1.54, 1.807) is 48.5 Å². The van der Waals surface area contributed by atoms with Crippen molar-refractivity contribution in [2.24, 2.45) is 0 Å². The highest BCUT2D eigenvalue weighted by molar-refractivity contribution is 6.31. The van der Waals surface area contributed by atoms with E-state index in [0.717, 1.165) is 6.54 Å². The molecule has 1 heterocycles. The summed E-state index contributed by atoms with van der Waals surface area (Å²) in [6.07, 6.45) is 6.81. The second-order valence-corrected chi connectivity index (χ2v) is 8.76. The van der Waals surface area contributed by atoms with Gasteiger partial charge in [0.2, 0.25) is 0 Å².